The van der Waals surface area contributed by atoms with Crippen LogP contribution < -0.4 is 10.6 Å². The molecule has 0 saturated carbocycles. The number of pyridine rings is 2. The third-order valence-corrected chi connectivity index (χ3v) is 6.33. The van der Waals surface area contributed by atoms with E-state index in [-0.39, 0.29) is 0 Å². The van der Waals surface area contributed by atoms with Crippen molar-refractivity contribution in [2.45, 2.75) is 0 Å². The van der Waals surface area contributed by atoms with Crippen LogP contribution in [0.2, 0.25) is 0 Å². The number of hydrogen-bond donors (Lipinski definition) is 2. The first-order valence-electron chi connectivity index (χ1n) is 12.2. The minimum atomic E-state index is 0.763. The van der Waals surface area contributed by atoms with E-state index in [1.54, 1.807) is 0 Å². The molecule has 36 heavy (non-hydrogen) atoms. The van der Waals surface area contributed by atoms with Gasteiger partial charge < -0.3 is 10.6 Å². The van der Waals surface area contributed by atoms with Crippen molar-refractivity contribution in [3.63, 3.8) is 0 Å². The highest BCUT2D eigenvalue weighted by molar-refractivity contribution is 5.95. The Morgan fingerprint density at radius 2 is 0.833 bits per heavy atom. The van der Waals surface area contributed by atoms with Crippen molar-refractivity contribution >= 4 is 33.2 Å². The van der Waals surface area contributed by atoms with Gasteiger partial charge in [0.1, 0.15) is 0 Å². The number of hydrogen-bond acceptors (Lipinski definition) is 4. The molecule has 4 heteroatoms. The van der Waals surface area contributed by atoms with Gasteiger partial charge in [-0.2, -0.15) is 0 Å². The van der Waals surface area contributed by atoms with Crippen LogP contribution in [0.4, 0.5) is 11.4 Å². The molecule has 6 rings (SSSR count). The van der Waals surface area contributed by atoms with Crippen LogP contribution >= 0.6 is 0 Å². The highest BCUT2D eigenvalue weighted by atomic mass is 15.0. The summed E-state index contributed by atoms with van der Waals surface area (Å²) in [6.07, 6.45) is 0. The van der Waals surface area contributed by atoms with Gasteiger partial charge in [-0.3, -0.25) is 0 Å². The van der Waals surface area contributed by atoms with Crippen LogP contribution in [0, 0.1) is 0 Å². The fraction of sp³-hybridized carbons (Fsp3) is 0.0625. The molecule has 2 N–H and O–H groups in total. The van der Waals surface area contributed by atoms with Crippen LogP contribution in [0.5, 0.6) is 0 Å². The predicted octanol–water partition coefficient (Wildman–Crippen LogP) is 7.64. The molecular weight excluding hydrogens is 440 g/mol. The van der Waals surface area contributed by atoms with Crippen molar-refractivity contribution in [2.24, 2.45) is 0 Å². The van der Waals surface area contributed by atoms with Crippen LogP contribution in [0.15, 0.2) is 121 Å². The van der Waals surface area contributed by atoms with Gasteiger partial charge in [0.2, 0.25) is 0 Å². The Labute approximate surface area is 210 Å². The molecule has 174 valence electrons. The third-order valence-electron chi connectivity index (χ3n) is 6.33. The van der Waals surface area contributed by atoms with E-state index in [0.29, 0.717) is 0 Å². The SMILES string of the molecule is c1ccc(-c2cc(NCCNc3cc(-c4ccccc4)nc4ccccc34)c3ccccc3n2)cc1. The first-order chi connectivity index (χ1) is 17.8. The zero-order valence-corrected chi connectivity index (χ0v) is 19.9. The van der Waals surface area contributed by atoms with E-state index in [9.17, 15) is 0 Å². The fourth-order valence-electron chi connectivity index (χ4n) is 4.55. The summed E-state index contributed by atoms with van der Waals surface area (Å²) in [6.45, 7) is 1.53. The lowest BCUT2D eigenvalue weighted by atomic mass is 10.1. The van der Waals surface area contributed by atoms with E-state index in [0.717, 1.165) is 68.8 Å². The first kappa shape index (κ1) is 21.8. The van der Waals surface area contributed by atoms with Gasteiger partial charge in [0.25, 0.3) is 0 Å². The second-order valence-electron chi connectivity index (χ2n) is 8.73. The van der Waals surface area contributed by atoms with Crippen LogP contribution in [0.3, 0.4) is 0 Å². The number of nitrogens with one attached hydrogen (secondary N) is 2. The molecule has 0 atom stereocenters. The quantitative estimate of drug-likeness (QED) is 0.237. The van der Waals surface area contributed by atoms with Crippen molar-refractivity contribution < 1.29 is 0 Å². The molecule has 4 aromatic carbocycles. The molecule has 0 saturated heterocycles. The molecule has 0 radical (unpaired) electrons. The Bertz CT molecular complexity index is 1500. The number of nitrogens with zero attached hydrogens (tertiary/aromatic N) is 2. The monoisotopic (exact) mass is 466 g/mol. The molecular formula is C32H26N4. The molecule has 0 spiro atoms. The molecule has 0 aliphatic carbocycles. The van der Waals surface area contributed by atoms with E-state index in [1.807, 2.05) is 48.5 Å². The molecule has 0 aliphatic rings. The Balaban J connectivity index is 1.25. The third kappa shape index (κ3) is 4.49. The summed E-state index contributed by atoms with van der Waals surface area (Å²) in [5.74, 6) is 0. The summed E-state index contributed by atoms with van der Waals surface area (Å²) in [6, 6.07) is 41.5. The normalized spacial score (nSPS) is 11.0. The predicted molar refractivity (Wildman–Crippen MR) is 151 cm³/mol. The highest BCUT2D eigenvalue weighted by Crippen LogP contribution is 2.29. The van der Waals surface area contributed by atoms with Crippen LogP contribution in [-0.4, -0.2) is 23.1 Å². The van der Waals surface area contributed by atoms with Gasteiger partial charge in [0.15, 0.2) is 0 Å². The molecule has 0 fully saturated rings. The van der Waals surface area contributed by atoms with Crippen molar-refractivity contribution in [1.82, 2.24) is 9.97 Å². The van der Waals surface area contributed by atoms with Crippen LogP contribution in [-0.2, 0) is 0 Å². The maximum atomic E-state index is 4.89. The zero-order chi connectivity index (χ0) is 24.2. The average Bonchev–Trinajstić information content (AvgIpc) is 2.96. The first-order valence-corrected chi connectivity index (χ1v) is 12.2. The minimum Gasteiger partial charge on any atom is -0.383 e. The van der Waals surface area contributed by atoms with Crippen LogP contribution in [0.1, 0.15) is 0 Å². The lowest BCUT2D eigenvalue weighted by Crippen LogP contribution is -2.14. The molecule has 0 amide bonds. The van der Waals surface area contributed by atoms with Gasteiger partial charge in [0, 0.05) is 46.4 Å². The smallest absolute Gasteiger partial charge is 0.0730 e. The van der Waals surface area contributed by atoms with Crippen molar-refractivity contribution in [1.29, 1.82) is 0 Å². The molecule has 2 aromatic heterocycles. The minimum absolute atomic E-state index is 0.763. The summed E-state index contributed by atoms with van der Waals surface area (Å²) >= 11 is 0. The van der Waals surface area contributed by atoms with E-state index in [4.69, 9.17) is 9.97 Å². The Morgan fingerprint density at radius 3 is 1.28 bits per heavy atom. The number of benzene rings is 4. The lowest BCUT2D eigenvalue weighted by molar-refractivity contribution is 1.08. The second-order valence-corrected chi connectivity index (χ2v) is 8.73. The number of rotatable bonds is 7. The fourth-order valence-corrected chi connectivity index (χ4v) is 4.55. The summed E-state index contributed by atoms with van der Waals surface area (Å²) in [5.41, 5.74) is 8.32. The summed E-state index contributed by atoms with van der Waals surface area (Å²) in [5, 5.41) is 9.53. The molecule has 6 aromatic rings. The standard InChI is InChI=1S/C32H26N4/c1-3-11-23(12-4-1)29-21-31(25-15-7-9-17-27(25)35-29)33-19-20-34-32-22-30(24-13-5-2-6-14-24)36-28-18-10-8-16-26(28)32/h1-18,21-22H,19-20H2,(H,33,35)(H,34,36). The van der Waals surface area contributed by atoms with Crippen molar-refractivity contribution in [3.05, 3.63) is 121 Å². The maximum Gasteiger partial charge on any atom is 0.0730 e. The Kier molecular flexibility index (Phi) is 5.99. The van der Waals surface area contributed by atoms with Gasteiger partial charge in [0.05, 0.1) is 22.4 Å². The maximum absolute atomic E-state index is 4.89. The second kappa shape index (κ2) is 9.88. The molecule has 2 heterocycles. The topological polar surface area (TPSA) is 49.8 Å². The largest absolute Gasteiger partial charge is 0.383 e. The summed E-state index contributed by atoms with van der Waals surface area (Å²) in [7, 11) is 0. The van der Waals surface area contributed by atoms with Crippen LogP contribution in [0.25, 0.3) is 44.3 Å². The van der Waals surface area contributed by atoms with E-state index >= 15 is 0 Å². The number of para-hydroxylation sites is 2. The number of fused-ring (bicyclic) bond motifs is 2. The van der Waals surface area contributed by atoms with Crippen molar-refractivity contribution in [2.75, 3.05) is 23.7 Å². The number of anilines is 2. The molecule has 0 bridgehead atoms. The highest BCUT2D eigenvalue weighted by Gasteiger charge is 2.09. The van der Waals surface area contributed by atoms with Gasteiger partial charge in [-0.05, 0) is 24.3 Å². The van der Waals surface area contributed by atoms with Crippen molar-refractivity contribution in [3.8, 4) is 22.5 Å². The van der Waals surface area contributed by atoms with Gasteiger partial charge in [-0.1, -0.05) is 97.1 Å². The molecule has 0 aliphatic heterocycles. The lowest BCUT2D eigenvalue weighted by Gasteiger charge is -2.15. The van der Waals surface area contributed by atoms with E-state index in [2.05, 4.69) is 83.4 Å². The average molecular weight is 467 g/mol. The molecule has 0 unspecified atom stereocenters. The Morgan fingerprint density at radius 1 is 0.444 bits per heavy atom. The van der Waals surface area contributed by atoms with Gasteiger partial charge in [-0.15, -0.1) is 0 Å². The Hall–Kier alpha value is -4.70. The van der Waals surface area contributed by atoms with Gasteiger partial charge >= 0.3 is 0 Å². The number of aromatic nitrogens is 2. The summed E-state index contributed by atoms with van der Waals surface area (Å²) < 4.78 is 0. The zero-order valence-electron chi connectivity index (χ0n) is 19.9. The summed E-state index contributed by atoms with van der Waals surface area (Å²) in [4.78, 5) is 9.78. The van der Waals surface area contributed by atoms with Gasteiger partial charge in [-0.25, -0.2) is 9.97 Å². The van der Waals surface area contributed by atoms with E-state index in [1.165, 1.54) is 0 Å². The molecule has 4 nitrogen and oxygen atoms in total. The van der Waals surface area contributed by atoms with E-state index < -0.39 is 0 Å².